The summed E-state index contributed by atoms with van der Waals surface area (Å²) in [5.74, 6) is 3.98. The first-order valence-electron chi connectivity index (χ1n) is 6.64. The van der Waals surface area contributed by atoms with Gasteiger partial charge in [-0.3, -0.25) is 4.90 Å². The molecule has 1 aromatic heterocycles. The minimum atomic E-state index is 0.568. The highest BCUT2D eigenvalue weighted by atomic mass is 16.5. The molecule has 2 aliphatic heterocycles. The average molecular weight is 234 g/mol. The molecule has 2 saturated heterocycles. The van der Waals surface area contributed by atoms with Gasteiger partial charge in [0.05, 0.1) is 6.54 Å². The molecule has 0 radical (unpaired) electrons. The van der Waals surface area contributed by atoms with Gasteiger partial charge < -0.3 is 9.84 Å². The first-order valence-corrected chi connectivity index (χ1v) is 6.64. The van der Waals surface area contributed by atoms with Crippen LogP contribution in [-0.4, -0.2) is 41.2 Å². The van der Waals surface area contributed by atoms with E-state index in [1.165, 1.54) is 39.0 Å². The van der Waals surface area contributed by atoms with Crippen LogP contribution >= 0.6 is 0 Å². The second-order valence-electron chi connectivity index (χ2n) is 5.70. The number of nitrogens with one attached hydrogen (secondary N) is 1. The van der Waals surface area contributed by atoms with Gasteiger partial charge in [0.2, 0.25) is 5.89 Å². The summed E-state index contributed by atoms with van der Waals surface area (Å²) in [5.41, 5.74) is 0. The van der Waals surface area contributed by atoms with Crippen LogP contribution in [-0.2, 0) is 6.54 Å². The number of likely N-dealkylation sites (tertiary alicyclic amines) is 1. The summed E-state index contributed by atoms with van der Waals surface area (Å²) in [4.78, 5) is 6.96. The Kier molecular flexibility index (Phi) is 2.23. The van der Waals surface area contributed by atoms with Crippen LogP contribution in [0.1, 0.15) is 30.5 Å². The molecule has 4 rings (SSSR count). The predicted octanol–water partition coefficient (Wildman–Crippen LogP) is 0.598. The minimum Gasteiger partial charge on any atom is -0.339 e. The van der Waals surface area contributed by atoms with Crippen molar-refractivity contribution in [2.75, 3.05) is 26.2 Å². The summed E-state index contributed by atoms with van der Waals surface area (Å²) >= 11 is 0. The second kappa shape index (κ2) is 3.78. The molecule has 1 N–H and O–H groups in total. The molecular formula is C12H18N4O. The Balaban J connectivity index is 1.40. The van der Waals surface area contributed by atoms with Gasteiger partial charge in [-0.25, -0.2) is 0 Å². The van der Waals surface area contributed by atoms with Gasteiger partial charge in [0, 0.05) is 19.0 Å². The molecule has 1 aromatic rings. The lowest BCUT2D eigenvalue weighted by Gasteiger charge is -2.13. The highest BCUT2D eigenvalue weighted by Crippen LogP contribution is 2.39. The summed E-state index contributed by atoms with van der Waals surface area (Å²) in [7, 11) is 0. The Morgan fingerprint density at radius 1 is 1.24 bits per heavy atom. The van der Waals surface area contributed by atoms with E-state index >= 15 is 0 Å². The highest BCUT2D eigenvalue weighted by Gasteiger charge is 2.36. The second-order valence-corrected chi connectivity index (χ2v) is 5.70. The third kappa shape index (κ3) is 1.87. The molecule has 5 nitrogen and oxygen atoms in total. The van der Waals surface area contributed by atoms with Crippen LogP contribution < -0.4 is 5.32 Å². The van der Waals surface area contributed by atoms with E-state index in [-0.39, 0.29) is 0 Å². The minimum absolute atomic E-state index is 0.568. The fraction of sp³-hybridized carbons (Fsp3) is 0.833. The summed E-state index contributed by atoms with van der Waals surface area (Å²) in [6.45, 7) is 5.60. The number of nitrogens with zero attached hydrogens (tertiary/aromatic N) is 3. The van der Waals surface area contributed by atoms with Crippen molar-refractivity contribution in [3.63, 3.8) is 0 Å². The molecule has 0 unspecified atom stereocenters. The zero-order valence-corrected chi connectivity index (χ0v) is 9.93. The molecule has 1 saturated carbocycles. The molecule has 0 amide bonds. The van der Waals surface area contributed by atoms with Gasteiger partial charge in [-0.05, 0) is 37.8 Å². The first-order chi connectivity index (χ1) is 8.38. The molecule has 1 aliphatic carbocycles. The summed E-state index contributed by atoms with van der Waals surface area (Å²) in [6.07, 6.45) is 2.45. The fourth-order valence-electron chi connectivity index (χ4n) is 3.11. The monoisotopic (exact) mass is 234 g/mol. The summed E-state index contributed by atoms with van der Waals surface area (Å²) in [6, 6.07) is 0. The van der Waals surface area contributed by atoms with Crippen molar-refractivity contribution in [2.45, 2.75) is 25.3 Å². The smallest absolute Gasteiger partial charge is 0.229 e. The Bertz CT molecular complexity index is 402. The lowest BCUT2D eigenvalue weighted by atomic mass is 10.0. The number of rotatable bonds is 3. The Morgan fingerprint density at radius 3 is 2.71 bits per heavy atom. The number of hydrogen-bond donors (Lipinski definition) is 1. The predicted molar refractivity (Wildman–Crippen MR) is 61.4 cm³/mol. The standard InChI is InChI=1S/C12H18N4O/c1-2-8(1)12-14-11(15-17-12)7-16-5-9-3-13-4-10(9)6-16/h8-10,13H,1-7H2/t9-,10+. The Labute approximate surface area is 101 Å². The lowest BCUT2D eigenvalue weighted by Crippen LogP contribution is -2.25. The van der Waals surface area contributed by atoms with Crippen molar-refractivity contribution in [1.82, 2.24) is 20.4 Å². The zero-order valence-electron chi connectivity index (χ0n) is 9.93. The van der Waals surface area contributed by atoms with Crippen LogP contribution in [0.4, 0.5) is 0 Å². The molecule has 17 heavy (non-hydrogen) atoms. The van der Waals surface area contributed by atoms with Gasteiger partial charge in [0.25, 0.3) is 0 Å². The van der Waals surface area contributed by atoms with Crippen LogP contribution in [0.5, 0.6) is 0 Å². The molecule has 0 spiro atoms. The Hall–Kier alpha value is -0.940. The molecule has 0 bridgehead atoms. The third-order valence-electron chi connectivity index (χ3n) is 4.24. The molecule has 0 aromatic carbocycles. The Morgan fingerprint density at radius 2 is 2.00 bits per heavy atom. The fourth-order valence-corrected chi connectivity index (χ4v) is 3.11. The van der Waals surface area contributed by atoms with Crippen LogP contribution in [0, 0.1) is 11.8 Å². The quantitative estimate of drug-likeness (QED) is 0.830. The molecule has 2 atom stereocenters. The van der Waals surface area contributed by atoms with Crippen LogP contribution in [0.3, 0.4) is 0 Å². The maximum atomic E-state index is 5.29. The molecule has 92 valence electrons. The molecule has 5 heteroatoms. The molecular weight excluding hydrogens is 216 g/mol. The highest BCUT2D eigenvalue weighted by molar-refractivity contribution is 5.02. The topological polar surface area (TPSA) is 54.2 Å². The number of fused-ring (bicyclic) bond motifs is 1. The van der Waals surface area contributed by atoms with Gasteiger partial charge in [-0.2, -0.15) is 4.98 Å². The van der Waals surface area contributed by atoms with Crippen LogP contribution in [0.2, 0.25) is 0 Å². The molecule has 3 fully saturated rings. The van der Waals surface area contributed by atoms with E-state index in [0.29, 0.717) is 5.92 Å². The largest absolute Gasteiger partial charge is 0.339 e. The summed E-state index contributed by atoms with van der Waals surface area (Å²) in [5, 5.41) is 7.55. The first kappa shape index (κ1) is 10.0. The molecule has 3 aliphatic rings. The van der Waals surface area contributed by atoms with Gasteiger partial charge in [0.1, 0.15) is 0 Å². The van der Waals surface area contributed by atoms with Gasteiger partial charge in [-0.15, -0.1) is 0 Å². The number of hydrogen-bond acceptors (Lipinski definition) is 5. The van der Waals surface area contributed by atoms with Gasteiger partial charge in [-0.1, -0.05) is 5.16 Å². The maximum absolute atomic E-state index is 5.29. The van der Waals surface area contributed by atoms with Crippen molar-refractivity contribution < 1.29 is 4.52 Å². The van der Waals surface area contributed by atoms with E-state index in [1.54, 1.807) is 0 Å². The van der Waals surface area contributed by atoms with E-state index in [1.807, 2.05) is 0 Å². The van der Waals surface area contributed by atoms with E-state index in [0.717, 1.165) is 30.1 Å². The average Bonchev–Trinajstić information content (AvgIpc) is 2.72. The third-order valence-corrected chi connectivity index (χ3v) is 4.24. The van der Waals surface area contributed by atoms with E-state index in [4.69, 9.17) is 4.52 Å². The van der Waals surface area contributed by atoms with E-state index < -0.39 is 0 Å². The molecule has 3 heterocycles. The lowest BCUT2D eigenvalue weighted by molar-refractivity contribution is 0.289. The van der Waals surface area contributed by atoms with Crippen molar-refractivity contribution in [3.05, 3.63) is 11.7 Å². The van der Waals surface area contributed by atoms with Crippen molar-refractivity contribution in [2.24, 2.45) is 11.8 Å². The van der Waals surface area contributed by atoms with Crippen LogP contribution in [0.25, 0.3) is 0 Å². The normalized spacial score (nSPS) is 33.2. The zero-order chi connectivity index (χ0) is 11.2. The van der Waals surface area contributed by atoms with Gasteiger partial charge >= 0.3 is 0 Å². The van der Waals surface area contributed by atoms with Crippen molar-refractivity contribution in [1.29, 1.82) is 0 Å². The SMILES string of the molecule is C1CC1c1nc(CN2C[C@H]3CNC[C@H]3C2)no1. The van der Waals surface area contributed by atoms with Crippen LogP contribution in [0.15, 0.2) is 4.52 Å². The number of aromatic nitrogens is 2. The van der Waals surface area contributed by atoms with Crippen molar-refractivity contribution >= 4 is 0 Å². The van der Waals surface area contributed by atoms with Gasteiger partial charge in [0.15, 0.2) is 5.82 Å². The van der Waals surface area contributed by atoms with Crippen molar-refractivity contribution in [3.8, 4) is 0 Å². The maximum Gasteiger partial charge on any atom is 0.229 e. The van der Waals surface area contributed by atoms with E-state index in [9.17, 15) is 0 Å². The van der Waals surface area contributed by atoms with E-state index in [2.05, 4.69) is 20.4 Å². The summed E-state index contributed by atoms with van der Waals surface area (Å²) < 4.78 is 5.29.